The molecular weight excluding hydrogens is 191 g/mol. The second-order valence-corrected chi connectivity index (χ2v) is 3.85. The maximum absolute atomic E-state index is 12.6. The van der Waals surface area contributed by atoms with Crippen molar-refractivity contribution < 1.29 is 23.8 Å². The van der Waals surface area contributed by atoms with Crippen LogP contribution < -0.4 is 0 Å². The van der Waals surface area contributed by atoms with E-state index in [9.17, 15) is 14.0 Å². The third-order valence-corrected chi connectivity index (χ3v) is 2.28. The van der Waals surface area contributed by atoms with Crippen LogP contribution >= 0.6 is 0 Å². The maximum atomic E-state index is 12.6. The Labute approximate surface area is 81.0 Å². The third kappa shape index (κ3) is 1.71. The summed E-state index contributed by atoms with van der Waals surface area (Å²) in [5, 5.41) is 8.82. The van der Waals surface area contributed by atoms with Crippen LogP contribution in [0.5, 0.6) is 0 Å². The van der Waals surface area contributed by atoms with Crippen molar-refractivity contribution in [2.75, 3.05) is 0 Å². The van der Waals surface area contributed by atoms with Gasteiger partial charge in [-0.05, 0) is 13.8 Å². The summed E-state index contributed by atoms with van der Waals surface area (Å²) in [7, 11) is 0. The molecule has 0 spiro atoms. The fourth-order valence-electron chi connectivity index (χ4n) is 1.45. The first-order valence-corrected chi connectivity index (χ1v) is 4.47. The van der Waals surface area contributed by atoms with Crippen LogP contribution in [0.25, 0.3) is 0 Å². The van der Waals surface area contributed by atoms with Crippen LogP contribution in [0.1, 0.15) is 26.7 Å². The zero-order valence-electron chi connectivity index (χ0n) is 8.12. The zero-order valence-corrected chi connectivity index (χ0v) is 8.12. The number of hydrogen-bond acceptors (Lipinski definition) is 3. The van der Waals surface area contributed by atoms with Gasteiger partial charge in [-0.1, -0.05) is 0 Å². The largest absolute Gasteiger partial charge is 0.480 e. The van der Waals surface area contributed by atoms with E-state index in [1.807, 2.05) is 0 Å². The van der Waals surface area contributed by atoms with Crippen molar-refractivity contribution >= 4 is 11.9 Å². The van der Waals surface area contributed by atoms with E-state index in [0.717, 1.165) is 0 Å². The topological polar surface area (TPSA) is 63.6 Å². The SMILES string of the molecule is CC(C)OC(=O)C1(C(=O)O)CC(F)C1. The number of carboxylic acids is 1. The lowest BCUT2D eigenvalue weighted by atomic mass is 9.67. The highest BCUT2D eigenvalue weighted by Crippen LogP contribution is 2.44. The van der Waals surface area contributed by atoms with E-state index in [1.165, 1.54) is 0 Å². The first kappa shape index (κ1) is 10.9. The first-order valence-electron chi connectivity index (χ1n) is 4.47. The smallest absolute Gasteiger partial charge is 0.323 e. The number of hydrogen-bond donors (Lipinski definition) is 1. The number of carboxylic acid groups (broad SMARTS) is 1. The molecule has 0 unspecified atom stereocenters. The molecule has 0 aromatic carbocycles. The molecule has 0 radical (unpaired) electrons. The highest BCUT2D eigenvalue weighted by molar-refractivity contribution is 6.00. The normalized spacial score (nSPS) is 31.0. The molecule has 1 rings (SSSR count). The summed E-state index contributed by atoms with van der Waals surface area (Å²) in [6, 6.07) is 0. The summed E-state index contributed by atoms with van der Waals surface area (Å²) in [6.07, 6.45) is -2.12. The molecule has 0 heterocycles. The van der Waals surface area contributed by atoms with Crippen LogP contribution in [-0.4, -0.2) is 29.3 Å². The van der Waals surface area contributed by atoms with Crippen LogP contribution in [0.4, 0.5) is 4.39 Å². The predicted molar refractivity (Wildman–Crippen MR) is 45.4 cm³/mol. The molecule has 0 atom stereocenters. The van der Waals surface area contributed by atoms with Gasteiger partial charge in [-0.15, -0.1) is 0 Å². The van der Waals surface area contributed by atoms with E-state index in [2.05, 4.69) is 0 Å². The molecule has 1 saturated carbocycles. The van der Waals surface area contributed by atoms with E-state index < -0.39 is 23.5 Å². The van der Waals surface area contributed by atoms with Gasteiger partial charge in [0.15, 0.2) is 5.41 Å². The van der Waals surface area contributed by atoms with Crippen LogP contribution in [0.2, 0.25) is 0 Å². The minimum Gasteiger partial charge on any atom is -0.480 e. The molecule has 1 aliphatic carbocycles. The van der Waals surface area contributed by atoms with Crippen molar-refractivity contribution in [2.45, 2.75) is 39.0 Å². The van der Waals surface area contributed by atoms with Crippen molar-refractivity contribution in [2.24, 2.45) is 5.41 Å². The highest BCUT2D eigenvalue weighted by Gasteiger charge is 2.58. The first-order chi connectivity index (χ1) is 6.38. The van der Waals surface area contributed by atoms with Gasteiger partial charge in [0.05, 0.1) is 6.10 Å². The summed E-state index contributed by atoms with van der Waals surface area (Å²) in [4.78, 5) is 22.2. The number of halogens is 1. The summed E-state index contributed by atoms with van der Waals surface area (Å²) in [6.45, 7) is 3.25. The third-order valence-electron chi connectivity index (χ3n) is 2.28. The number of alkyl halides is 1. The average Bonchev–Trinajstić information content (AvgIpc) is 1.95. The number of esters is 1. The second kappa shape index (κ2) is 3.55. The van der Waals surface area contributed by atoms with Gasteiger partial charge in [0.1, 0.15) is 6.17 Å². The molecule has 0 aromatic rings. The molecule has 4 nitrogen and oxygen atoms in total. The van der Waals surface area contributed by atoms with E-state index >= 15 is 0 Å². The lowest BCUT2D eigenvalue weighted by molar-refractivity contribution is -0.183. The monoisotopic (exact) mass is 204 g/mol. The minimum atomic E-state index is -1.64. The molecule has 80 valence electrons. The van der Waals surface area contributed by atoms with Crippen LogP contribution in [0.15, 0.2) is 0 Å². The standard InChI is InChI=1S/C9H13FO4/c1-5(2)14-8(13)9(7(11)12)3-6(10)4-9/h5-6H,3-4H2,1-2H3,(H,11,12). The second-order valence-electron chi connectivity index (χ2n) is 3.85. The summed E-state index contributed by atoms with van der Waals surface area (Å²) in [5.41, 5.74) is -1.64. The Kier molecular flexibility index (Phi) is 2.78. The van der Waals surface area contributed by atoms with Crippen molar-refractivity contribution in [1.82, 2.24) is 0 Å². The summed E-state index contributed by atoms with van der Waals surface area (Å²) >= 11 is 0. The summed E-state index contributed by atoms with van der Waals surface area (Å²) < 4.78 is 17.4. The van der Waals surface area contributed by atoms with Gasteiger partial charge in [0.2, 0.25) is 0 Å². The van der Waals surface area contributed by atoms with Gasteiger partial charge in [-0.3, -0.25) is 9.59 Å². The molecule has 0 saturated heterocycles. The molecule has 0 aromatic heterocycles. The lowest BCUT2D eigenvalue weighted by Gasteiger charge is -2.38. The maximum Gasteiger partial charge on any atom is 0.323 e. The fraction of sp³-hybridized carbons (Fsp3) is 0.778. The summed E-state index contributed by atoms with van der Waals surface area (Å²) in [5.74, 6) is -2.12. The molecule has 0 bridgehead atoms. The highest BCUT2D eigenvalue weighted by atomic mass is 19.1. The molecule has 0 amide bonds. The number of carbonyl (C=O) groups is 2. The number of carbonyl (C=O) groups excluding carboxylic acids is 1. The Morgan fingerprint density at radius 1 is 1.50 bits per heavy atom. The molecule has 0 aliphatic heterocycles. The molecule has 1 N–H and O–H groups in total. The van der Waals surface area contributed by atoms with Gasteiger partial charge in [0.25, 0.3) is 0 Å². The van der Waals surface area contributed by atoms with Gasteiger partial charge in [-0.2, -0.15) is 0 Å². The van der Waals surface area contributed by atoms with E-state index in [1.54, 1.807) is 13.8 Å². The Morgan fingerprint density at radius 3 is 2.29 bits per heavy atom. The number of rotatable bonds is 3. The molecule has 5 heteroatoms. The Balaban J connectivity index is 2.70. The van der Waals surface area contributed by atoms with Crippen LogP contribution in [-0.2, 0) is 14.3 Å². The molecule has 1 aliphatic rings. The zero-order chi connectivity index (χ0) is 10.9. The van der Waals surface area contributed by atoms with Crippen LogP contribution in [0.3, 0.4) is 0 Å². The Morgan fingerprint density at radius 2 is 2.00 bits per heavy atom. The van der Waals surface area contributed by atoms with Crippen molar-refractivity contribution in [3.63, 3.8) is 0 Å². The Hall–Kier alpha value is -1.13. The van der Waals surface area contributed by atoms with Gasteiger partial charge in [-0.25, -0.2) is 4.39 Å². The molecule has 14 heavy (non-hydrogen) atoms. The number of ether oxygens (including phenoxy) is 1. The van der Waals surface area contributed by atoms with E-state index in [-0.39, 0.29) is 18.9 Å². The van der Waals surface area contributed by atoms with Crippen molar-refractivity contribution in [3.05, 3.63) is 0 Å². The lowest BCUT2D eigenvalue weighted by Crippen LogP contribution is -2.52. The molecular formula is C9H13FO4. The van der Waals surface area contributed by atoms with Gasteiger partial charge in [0, 0.05) is 12.8 Å². The number of aliphatic carboxylic acids is 1. The fourth-order valence-corrected chi connectivity index (χ4v) is 1.45. The minimum absolute atomic E-state index is 0.270. The van der Waals surface area contributed by atoms with E-state index in [4.69, 9.17) is 9.84 Å². The van der Waals surface area contributed by atoms with Crippen LogP contribution in [0, 0.1) is 5.41 Å². The quantitative estimate of drug-likeness (QED) is 0.553. The van der Waals surface area contributed by atoms with E-state index in [0.29, 0.717) is 0 Å². The van der Waals surface area contributed by atoms with Gasteiger partial charge >= 0.3 is 11.9 Å². The van der Waals surface area contributed by atoms with Gasteiger partial charge < -0.3 is 9.84 Å². The van der Waals surface area contributed by atoms with Crippen molar-refractivity contribution in [3.8, 4) is 0 Å². The van der Waals surface area contributed by atoms with Crippen molar-refractivity contribution in [1.29, 1.82) is 0 Å². The average molecular weight is 204 g/mol. The molecule has 1 fully saturated rings. The predicted octanol–water partition coefficient (Wildman–Crippen LogP) is 1.14. The Bertz CT molecular complexity index is 256.